The molecule has 0 aliphatic heterocycles. The molecule has 0 bridgehead atoms. The van der Waals surface area contributed by atoms with Crippen LogP contribution in [-0.4, -0.2) is 35.2 Å². The zero-order valence-corrected chi connectivity index (χ0v) is 17.2. The number of nitrogens with one attached hydrogen (secondary N) is 2. The van der Waals surface area contributed by atoms with Crippen molar-refractivity contribution in [1.29, 1.82) is 0 Å². The Labute approximate surface area is 169 Å². The molecule has 0 aliphatic carbocycles. The Balaban J connectivity index is 2.82. The Hall–Kier alpha value is -2.99. The van der Waals surface area contributed by atoms with Gasteiger partial charge in [-0.3, -0.25) is 14.7 Å². The van der Waals surface area contributed by atoms with E-state index in [1.165, 1.54) is 9.58 Å². The summed E-state index contributed by atoms with van der Waals surface area (Å²) in [5.41, 5.74) is 1.75. The van der Waals surface area contributed by atoms with Crippen LogP contribution in [0.4, 0.5) is 5.69 Å². The summed E-state index contributed by atoms with van der Waals surface area (Å²) >= 11 is 6.33. The van der Waals surface area contributed by atoms with Crippen LogP contribution in [0.1, 0.15) is 25.5 Å². The molecule has 1 heterocycles. The topological polar surface area (TPSA) is 70.1 Å². The Morgan fingerprint density at radius 2 is 2.14 bits per heavy atom. The van der Waals surface area contributed by atoms with Crippen molar-refractivity contribution in [1.82, 2.24) is 14.7 Å². The third-order valence-electron chi connectivity index (χ3n) is 4.40. The number of hydrogen-bond acceptors (Lipinski definition) is 3. The molecular weight excluding hydrogens is 376 g/mol. The molecule has 28 heavy (non-hydrogen) atoms. The molecule has 1 aromatic carbocycles. The number of carbonyl (C=O) groups is 1. The van der Waals surface area contributed by atoms with Crippen molar-refractivity contribution in [2.45, 2.75) is 19.9 Å². The molecule has 2 N–H and O–H groups in total. The lowest BCUT2D eigenvalue weighted by molar-refractivity contribution is -0.114. The van der Waals surface area contributed by atoms with Crippen LogP contribution in [0.15, 0.2) is 52.3 Å². The Bertz CT molecular complexity index is 1080. The lowest BCUT2D eigenvalue weighted by Crippen LogP contribution is -2.41. The highest BCUT2D eigenvalue weighted by Crippen LogP contribution is 2.19. The summed E-state index contributed by atoms with van der Waals surface area (Å²) in [6.07, 6.45) is 6.06. The zero-order valence-electron chi connectivity index (χ0n) is 16.5. The normalized spacial score (nSPS) is 14.1. The van der Waals surface area contributed by atoms with Gasteiger partial charge in [-0.05, 0) is 32.1 Å². The van der Waals surface area contributed by atoms with E-state index in [4.69, 9.17) is 11.6 Å². The van der Waals surface area contributed by atoms with Gasteiger partial charge < -0.3 is 10.2 Å². The van der Waals surface area contributed by atoms with Gasteiger partial charge in [-0.15, -0.1) is 0 Å². The fourth-order valence-electron chi connectivity index (χ4n) is 2.87. The van der Waals surface area contributed by atoms with Gasteiger partial charge in [0, 0.05) is 30.4 Å². The fraction of sp³-hybridized carbons (Fsp3) is 0.238. The smallest absolute Gasteiger partial charge is 0.277 e. The van der Waals surface area contributed by atoms with Gasteiger partial charge in [0.15, 0.2) is 0 Å². The molecule has 0 aliphatic rings. The quantitative estimate of drug-likeness (QED) is 0.552. The number of benzene rings is 1. The van der Waals surface area contributed by atoms with Crippen molar-refractivity contribution in [3.05, 3.63) is 74.0 Å². The summed E-state index contributed by atoms with van der Waals surface area (Å²) < 4.78 is 1.42. The van der Waals surface area contributed by atoms with Gasteiger partial charge in [0.1, 0.15) is 0 Å². The third-order valence-corrected chi connectivity index (χ3v) is 4.84. The monoisotopic (exact) mass is 400 g/mol. The SMILES string of the molecule is C=c1[nH]n(C(C)C(Cl)=CC=CC)c(=O)c1=C(c1cccc(NC)c1)N(C)C=O. The van der Waals surface area contributed by atoms with Crippen LogP contribution in [-0.2, 0) is 4.79 Å². The summed E-state index contributed by atoms with van der Waals surface area (Å²) in [7, 11) is 3.41. The highest BCUT2D eigenvalue weighted by Gasteiger charge is 2.18. The number of nitrogens with zero attached hydrogens (tertiary/aromatic N) is 2. The minimum absolute atomic E-state index is 0.303. The molecule has 0 spiro atoms. The summed E-state index contributed by atoms with van der Waals surface area (Å²) in [5.74, 6) is 0. The molecule has 1 unspecified atom stereocenters. The first-order chi connectivity index (χ1) is 13.3. The van der Waals surface area contributed by atoms with E-state index in [0.29, 0.717) is 27.7 Å². The number of halogens is 1. The van der Waals surface area contributed by atoms with E-state index in [1.54, 1.807) is 26.2 Å². The maximum Gasteiger partial charge on any atom is 0.277 e. The molecule has 2 aromatic rings. The molecule has 148 valence electrons. The minimum atomic E-state index is -0.411. The summed E-state index contributed by atoms with van der Waals surface area (Å²) in [4.78, 5) is 26.1. The van der Waals surface area contributed by atoms with Crippen LogP contribution >= 0.6 is 11.6 Å². The van der Waals surface area contributed by atoms with Crippen LogP contribution in [0.5, 0.6) is 0 Å². The number of rotatable bonds is 7. The van der Waals surface area contributed by atoms with E-state index in [1.807, 2.05) is 44.2 Å². The molecule has 7 heteroatoms. The molecule has 6 nitrogen and oxygen atoms in total. The summed E-state index contributed by atoms with van der Waals surface area (Å²) in [6, 6.07) is 7.05. The Morgan fingerprint density at radius 3 is 2.75 bits per heavy atom. The molecule has 0 saturated carbocycles. The van der Waals surface area contributed by atoms with Crippen molar-refractivity contribution in [2.75, 3.05) is 19.4 Å². The van der Waals surface area contributed by atoms with E-state index < -0.39 is 6.04 Å². The average Bonchev–Trinajstić information content (AvgIpc) is 3.00. The standard InChI is InChI=1S/C21H25ClN4O2/c1-6-7-11-18(22)15(3)26-21(28)19(14(2)24-26)20(25(5)13-27)16-9-8-10-17(12-16)23-4/h6-13,15,23-24H,2H2,1,3-5H3. The van der Waals surface area contributed by atoms with E-state index in [9.17, 15) is 9.59 Å². The second-order valence-electron chi connectivity index (χ2n) is 6.29. The second kappa shape index (κ2) is 9.28. The number of anilines is 1. The minimum Gasteiger partial charge on any atom is -0.388 e. The number of hydrogen-bond donors (Lipinski definition) is 2. The van der Waals surface area contributed by atoms with Crippen LogP contribution < -0.4 is 21.4 Å². The summed E-state index contributed by atoms with van der Waals surface area (Å²) in [6.45, 7) is 7.68. The Kier molecular flexibility index (Phi) is 7.06. The summed E-state index contributed by atoms with van der Waals surface area (Å²) in [5, 5.41) is 7.28. The largest absolute Gasteiger partial charge is 0.388 e. The molecule has 1 atom stereocenters. The molecule has 2 rings (SSSR count). The lowest BCUT2D eigenvalue weighted by atomic mass is 10.1. The van der Waals surface area contributed by atoms with Crippen LogP contribution in [0.3, 0.4) is 0 Å². The van der Waals surface area contributed by atoms with Crippen molar-refractivity contribution in [3.63, 3.8) is 0 Å². The van der Waals surface area contributed by atoms with E-state index in [0.717, 1.165) is 11.3 Å². The van der Waals surface area contributed by atoms with Crippen LogP contribution in [0, 0.1) is 0 Å². The molecule has 1 aromatic heterocycles. The van der Waals surface area contributed by atoms with Crippen molar-refractivity contribution in [3.8, 4) is 0 Å². The van der Waals surface area contributed by atoms with Gasteiger partial charge in [0.05, 0.1) is 22.3 Å². The first-order valence-electron chi connectivity index (χ1n) is 8.84. The lowest BCUT2D eigenvalue weighted by Gasteiger charge is -2.16. The highest BCUT2D eigenvalue weighted by molar-refractivity contribution is 6.30. The number of aromatic nitrogens is 2. The van der Waals surface area contributed by atoms with Crippen molar-refractivity contribution in [2.24, 2.45) is 0 Å². The van der Waals surface area contributed by atoms with Crippen LogP contribution in [0.25, 0.3) is 12.3 Å². The molecule has 0 fully saturated rings. The van der Waals surface area contributed by atoms with Gasteiger partial charge in [0.25, 0.3) is 5.56 Å². The fourth-order valence-corrected chi connectivity index (χ4v) is 3.04. The maximum atomic E-state index is 13.2. The molecule has 0 saturated heterocycles. The predicted molar refractivity (Wildman–Crippen MR) is 116 cm³/mol. The Morgan fingerprint density at radius 1 is 1.43 bits per heavy atom. The van der Waals surface area contributed by atoms with E-state index in [2.05, 4.69) is 17.0 Å². The molecule has 0 radical (unpaired) electrons. The predicted octanol–water partition coefficient (Wildman–Crippen LogP) is 2.13. The highest BCUT2D eigenvalue weighted by atomic mass is 35.5. The van der Waals surface area contributed by atoms with Gasteiger partial charge >= 0.3 is 0 Å². The van der Waals surface area contributed by atoms with Gasteiger partial charge in [0.2, 0.25) is 6.41 Å². The van der Waals surface area contributed by atoms with Crippen molar-refractivity contribution >= 4 is 36.0 Å². The average molecular weight is 401 g/mol. The van der Waals surface area contributed by atoms with Gasteiger partial charge in [-0.1, -0.05) is 42.5 Å². The number of carbonyl (C=O) groups excluding carboxylic acids is 1. The van der Waals surface area contributed by atoms with Crippen molar-refractivity contribution < 1.29 is 4.79 Å². The number of amides is 1. The first-order valence-corrected chi connectivity index (χ1v) is 9.21. The maximum absolute atomic E-state index is 13.2. The van der Waals surface area contributed by atoms with E-state index in [-0.39, 0.29) is 5.56 Å². The number of allylic oxidation sites excluding steroid dienone is 4. The second-order valence-corrected chi connectivity index (χ2v) is 6.73. The van der Waals surface area contributed by atoms with Crippen LogP contribution in [0.2, 0.25) is 0 Å². The molecule has 1 amide bonds. The zero-order chi connectivity index (χ0) is 20.8. The molecular formula is C21H25ClN4O2. The number of aromatic amines is 1. The van der Waals surface area contributed by atoms with Gasteiger partial charge in [-0.2, -0.15) is 0 Å². The van der Waals surface area contributed by atoms with Gasteiger partial charge in [-0.25, -0.2) is 4.68 Å². The number of H-pyrrole nitrogens is 1. The van der Waals surface area contributed by atoms with E-state index >= 15 is 0 Å². The third kappa shape index (κ3) is 4.28. The first kappa shape index (κ1) is 21.3.